The minimum atomic E-state index is -4.38. The molecule has 0 saturated carbocycles. The van der Waals surface area contributed by atoms with E-state index in [1.54, 1.807) is 0 Å². The number of esters is 2. The van der Waals surface area contributed by atoms with E-state index in [0.717, 1.165) is 57.8 Å². The van der Waals surface area contributed by atoms with E-state index in [4.69, 9.17) is 18.5 Å². The molecule has 0 heterocycles. The zero-order valence-electron chi connectivity index (χ0n) is 33.8. The summed E-state index contributed by atoms with van der Waals surface area (Å²) in [6.45, 7) is 4.24. The number of nitrogens with zero attached hydrogens (tertiary/aromatic N) is 1. The SMILES string of the molecule is CC/C=C/C=C/C=C/C=C/CCCCCCCC(=O)OC(COC(=O)CCCCCCCCCCCCCCC)COP(=O)(O)OCC[N+](C)(C)C. The Labute approximate surface area is 318 Å². The first-order valence-corrected chi connectivity index (χ1v) is 21.9. The molecule has 302 valence electrons. The van der Waals surface area contributed by atoms with E-state index < -0.39 is 26.5 Å². The van der Waals surface area contributed by atoms with Crippen molar-refractivity contribution < 1.29 is 42.1 Å². The number of hydrogen-bond acceptors (Lipinski definition) is 7. The van der Waals surface area contributed by atoms with Crippen molar-refractivity contribution in [2.45, 2.75) is 161 Å². The molecule has 0 aliphatic rings. The van der Waals surface area contributed by atoms with Crippen molar-refractivity contribution in [3.05, 3.63) is 48.6 Å². The second-order valence-electron chi connectivity index (χ2n) is 14.7. The van der Waals surface area contributed by atoms with Crippen LogP contribution in [0.15, 0.2) is 48.6 Å². The number of carbonyl (C=O) groups is 2. The lowest BCUT2D eigenvalue weighted by atomic mass is 10.0. The normalized spacial score (nSPS) is 14.2. The standard InChI is InChI=1S/C42H76NO8P/c1-6-8-10-12-14-16-18-20-21-23-25-27-29-31-33-35-42(45)51-40(39-50-52(46,47)49-37-36-43(3,4)5)38-48-41(44)34-32-30-28-26-24-22-19-17-15-13-11-9-7-2/h8,10,12,14,16,18,20-21,40H,6-7,9,11,13,15,17,19,22-39H2,1-5H3/p+1/b10-8+,14-12+,18-16+,21-20+. The summed E-state index contributed by atoms with van der Waals surface area (Å²) in [5.74, 6) is -0.827. The van der Waals surface area contributed by atoms with Crippen molar-refractivity contribution in [1.82, 2.24) is 0 Å². The molecule has 52 heavy (non-hydrogen) atoms. The molecule has 0 saturated heterocycles. The van der Waals surface area contributed by atoms with Gasteiger partial charge in [0.25, 0.3) is 0 Å². The summed E-state index contributed by atoms with van der Waals surface area (Å²) in [6.07, 6.45) is 38.7. The number of quaternary nitrogens is 1. The summed E-state index contributed by atoms with van der Waals surface area (Å²) in [4.78, 5) is 35.2. The minimum absolute atomic E-state index is 0.0258. The van der Waals surface area contributed by atoms with Crippen molar-refractivity contribution >= 4 is 19.8 Å². The average molecular weight is 755 g/mol. The second kappa shape index (κ2) is 34.7. The Balaban J connectivity index is 4.45. The Kier molecular flexibility index (Phi) is 33.4. The highest BCUT2D eigenvalue weighted by atomic mass is 31.2. The molecule has 0 spiro atoms. The zero-order valence-corrected chi connectivity index (χ0v) is 34.7. The molecule has 2 unspecified atom stereocenters. The number of phosphoric ester groups is 1. The fraction of sp³-hybridized carbons (Fsp3) is 0.762. The average Bonchev–Trinajstić information content (AvgIpc) is 3.09. The molecule has 0 bridgehead atoms. The molecule has 0 aromatic carbocycles. The van der Waals surface area contributed by atoms with Crippen LogP contribution in [0.3, 0.4) is 0 Å². The van der Waals surface area contributed by atoms with Crippen LogP contribution in [-0.2, 0) is 32.7 Å². The largest absolute Gasteiger partial charge is 0.472 e. The van der Waals surface area contributed by atoms with Crippen LogP contribution in [0.4, 0.5) is 0 Å². The van der Waals surface area contributed by atoms with Crippen LogP contribution < -0.4 is 0 Å². The van der Waals surface area contributed by atoms with E-state index in [1.165, 1.54) is 64.2 Å². The topological polar surface area (TPSA) is 108 Å². The first-order chi connectivity index (χ1) is 25.0. The molecule has 10 heteroatoms. The molecular weight excluding hydrogens is 677 g/mol. The van der Waals surface area contributed by atoms with Gasteiger partial charge in [-0.3, -0.25) is 18.6 Å². The quantitative estimate of drug-likeness (QED) is 0.0221. The van der Waals surface area contributed by atoms with Gasteiger partial charge in [-0.25, -0.2) is 4.57 Å². The van der Waals surface area contributed by atoms with Gasteiger partial charge in [0.2, 0.25) is 0 Å². The molecule has 9 nitrogen and oxygen atoms in total. The molecule has 0 amide bonds. The summed E-state index contributed by atoms with van der Waals surface area (Å²) in [6, 6.07) is 0. The van der Waals surface area contributed by atoms with Crippen LogP contribution in [0.1, 0.15) is 155 Å². The fourth-order valence-electron chi connectivity index (χ4n) is 5.26. The Morgan fingerprint density at radius 3 is 1.63 bits per heavy atom. The number of likely N-dealkylation sites (N-methyl/N-ethyl adjacent to an activating group) is 1. The lowest BCUT2D eigenvalue weighted by molar-refractivity contribution is -0.870. The smallest absolute Gasteiger partial charge is 0.462 e. The van der Waals surface area contributed by atoms with Gasteiger partial charge in [-0.2, -0.15) is 0 Å². The van der Waals surface area contributed by atoms with Crippen LogP contribution >= 0.6 is 7.82 Å². The van der Waals surface area contributed by atoms with Gasteiger partial charge in [0.1, 0.15) is 19.8 Å². The van der Waals surface area contributed by atoms with Gasteiger partial charge < -0.3 is 18.9 Å². The lowest BCUT2D eigenvalue weighted by Crippen LogP contribution is -2.37. The summed E-state index contributed by atoms with van der Waals surface area (Å²) in [5.41, 5.74) is 0. The number of allylic oxidation sites excluding steroid dienone is 8. The van der Waals surface area contributed by atoms with Crippen molar-refractivity contribution in [2.24, 2.45) is 0 Å². The van der Waals surface area contributed by atoms with Gasteiger partial charge in [0.15, 0.2) is 6.10 Å². The summed E-state index contributed by atoms with van der Waals surface area (Å²) < 4.78 is 34.2. The number of ether oxygens (including phenoxy) is 2. The van der Waals surface area contributed by atoms with Crippen molar-refractivity contribution in [3.8, 4) is 0 Å². The molecule has 0 aliphatic carbocycles. The summed E-state index contributed by atoms with van der Waals surface area (Å²) in [7, 11) is 1.45. The number of carbonyl (C=O) groups excluding carboxylic acids is 2. The molecular formula is C42H77NO8P+. The molecule has 0 aliphatic heterocycles. The maximum Gasteiger partial charge on any atom is 0.472 e. The highest BCUT2D eigenvalue weighted by molar-refractivity contribution is 7.47. The Morgan fingerprint density at radius 2 is 1.10 bits per heavy atom. The molecule has 0 radical (unpaired) electrons. The van der Waals surface area contributed by atoms with Crippen LogP contribution in [0.25, 0.3) is 0 Å². The highest BCUT2D eigenvalue weighted by Gasteiger charge is 2.27. The van der Waals surface area contributed by atoms with Gasteiger partial charge in [0, 0.05) is 12.8 Å². The minimum Gasteiger partial charge on any atom is -0.462 e. The van der Waals surface area contributed by atoms with E-state index in [-0.39, 0.29) is 32.0 Å². The van der Waals surface area contributed by atoms with Crippen LogP contribution in [0.5, 0.6) is 0 Å². The molecule has 0 aromatic heterocycles. The Hall–Kier alpha value is -2.03. The van der Waals surface area contributed by atoms with E-state index >= 15 is 0 Å². The summed E-state index contributed by atoms with van der Waals surface area (Å²) >= 11 is 0. The zero-order chi connectivity index (χ0) is 38.6. The predicted molar refractivity (Wildman–Crippen MR) is 215 cm³/mol. The maximum atomic E-state index is 12.6. The lowest BCUT2D eigenvalue weighted by Gasteiger charge is -2.24. The monoisotopic (exact) mass is 755 g/mol. The van der Waals surface area contributed by atoms with E-state index in [9.17, 15) is 19.0 Å². The second-order valence-corrected chi connectivity index (χ2v) is 16.2. The van der Waals surface area contributed by atoms with Gasteiger partial charge in [-0.1, -0.05) is 159 Å². The Morgan fingerprint density at radius 1 is 0.615 bits per heavy atom. The van der Waals surface area contributed by atoms with Gasteiger partial charge in [-0.05, 0) is 32.1 Å². The molecule has 2 atom stereocenters. The first kappa shape index (κ1) is 50.0. The van der Waals surface area contributed by atoms with E-state index in [0.29, 0.717) is 17.4 Å². The van der Waals surface area contributed by atoms with Gasteiger partial charge in [0.05, 0.1) is 27.7 Å². The number of hydrogen-bond donors (Lipinski definition) is 1. The highest BCUT2D eigenvalue weighted by Crippen LogP contribution is 2.43. The van der Waals surface area contributed by atoms with Crippen LogP contribution in [0, 0.1) is 0 Å². The maximum absolute atomic E-state index is 12.6. The van der Waals surface area contributed by atoms with Crippen LogP contribution in [0.2, 0.25) is 0 Å². The number of unbranched alkanes of at least 4 members (excludes halogenated alkanes) is 17. The third kappa shape index (κ3) is 37.7. The Bertz CT molecular complexity index is 1030. The van der Waals surface area contributed by atoms with Crippen molar-refractivity contribution in [1.29, 1.82) is 0 Å². The van der Waals surface area contributed by atoms with Gasteiger partial charge in [-0.15, -0.1) is 0 Å². The molecule has 1 N–H and O–H groups in total. The molecule has 0 fully saturated rings. The van der Waals surface area contributed by atoms with Gasteiger partial charge >= 0.3 is 19.8 Å². The fourth-order valence-corrected chi connectivity index (χ4v) is 6.00. The summed E-state index contributed by atoms with van der Waals surface area (Å²) in [5, 5.41) is 0. The first-order valence-electron chi connectivity index (χ1n) is 20.4. The molecule has 0 rings (SSSR count). The van der Waals surface area contributed by atoms with E-state index in [1.807, 2.05) is 51.5 Å². The number of rotatable bonds is 36. The van der Waals surface area contributed by atoms with Crippen molar-refractivity contribution in [3.63, 3.8) is 0 Å². The number of phosphoric acid groups is 1. The van der Waals surface area contributed by atoms with Crippen molar-refractivity contribution in [2.75, 3.05) is 47.5 Å². The van der Waals surface area contributed by atoms with Crippen LogP contribution in [-0.4, -0.2) is 74.9 Å². The molecule has 0 aromatic rings. The third-order valence-corrected chi connectivity index (χ3v) is 9.45. The van der Waals surface area contributed by atoms with E-state index in [2.05, 4.69) is 32.1 Å². The predicted octanol–water partition coefficient (Wildman–Crippen LogP) is 11.1. The third-order valence-electron chi connectivity index (χ3n) is 8.47.